The largest absolute Gasteiger partial charge is 0.487 e. The van der Waals surface area contributed by atoms with Gasteiger partial charge in [0.05, 0.1) is 0 Å². The van der Waals surface area contributed by atoms with Gasteiger partial charge in [0.1, 0.15) is 11.4 Å². The average Bonchev–Trinajstić information content (AvgIpc) is 2.76. The first-order chi connectivity index (χ1) is 14.9. The van der Waals surface area contributed by atoms with E-state index < -0.39 is 0 Å². The maximum Gasteiger partial charge on any atom is 0.232 e. The van der Waals surface area contributed by atoms with Crippen molar-refractivity contribution < 1.29 is 14.3 Å². The van der Waals surface area contributed by atoms with Gasteiger partial charge in [-0.25, -0.2) is 0 Å². The van der Waals surface area contributed by atoms with Gasteiger partial charge in [-0.15, -0.1) is 0 Å². The van der Waals surface area contributed by atoms with Crippen molar-refractivity contribution in [1.29, 1.82) is 0 Å². The van der Waals surface area contributed by atoms with Crippen molar-refractivity contribution >= 4 is 11.6 Å². The summed E-state index contributed by atoms with van der Waals surface area (Å²) < 4.78 is 6.34. The van der Waals surface area contributed by atoms with E-state index in [1.54, 1.807) is 6.92 Å². The summed E-state index contributed by atoms with van der Waals surface area (Å²) in [5, 5.41) is 0. The van der Waals surface area contributed by atoms with Crippen LogP contribution in [-0.2, 0) is 14.3 Å². The van der Waals surface area contributed by atoms with Gasteiger partial charge in [0.2, 0.25) is 11.6 Å². The van der Waals surface area contributed by atoms with Crippen LogP contribution >= 0.6 is 0 Å². The van der Waals surface area contributed by atoms with E-state index >= 15 is 0 Å². The molecule has 3 heteroatoms. The molecule has 0 spiro atoms. The Labute approximate surface area is 191 Å². The Morgan fingerprint density at radius 1 is 0.710 bits per heavy atom. The Kier molecular flexibility index (Phi) is 11.0. The number of hydrogen-bond acceptors (Lipinski definition) is 3. The van der Waals surface area contributed by atoms with E-state index in [2.05, 4.69) is 13.8 Å². The smallest absolute Gasteiger partial charge is 0.232 e. The van der Waals surface area contributed by atoms with Crippen LogP contribution in [-0.4, -0.2) is 17.2 Å². The number of hydrogen-bond donors (Lipinski definition) is 0. The second-order valence-electron chi connectivity index (χ2n) is 10.1. The maximum absolute atomic E-state index is 12.3. The maximum atomic E-state index is 12.3. The highest BCUT2D eigenvalue weighted by molar-refractivity contribution is 6.50. The summed E-state index contributed by atoms with van der Waals surface area (Å²) in [6.07, 6.45) is 21.7. The molecular formula is C28H46O3. The van der Waals surface area contributed by atoms with E-state index in [1.807, 2.05) is 6.92 Å². The number of carbonyl (C=O) groups is 2. The van der Waals surface area contributed by atoms with Crippen LogP contribution in [0.5, 0.6) is 0 Å². The topological polar surface area (TPSA) is 43.4 Å². The van der Waals surface area contributed by atoms with E-state index in [4.69, 9.17) is 4.74 Å². The molecule has 1 aliphatic heterocycles. The third-order valence-electron chi connectivity index (χ3n) is 7.31. The third kappa shape index (κ3) is 7.91. The number of allylic oxidation sites excluding steroid dienone is 3. The third-order valence-corrected chi connectivity index (χ3v) is 7.31. The molecule has 0 bridgehead atoms. The minimum absolute atomic E-state index is 0.210. The van der Waals surface area contributed by atoms with Gasteiger partial charge in [-0.1, -0.05) is 90.4 Å². The number of unbranched alkanes of at least 4 members (excludes halogenated alkanes) is 13. The molecule has 0 radical (unpaired) electrons. The predicted octanol–water partition coefficient (Wildman–Crippen LogP) is 8.17. The molecular weight excluding hydrogens is 384 g/mol. The monoisotopic (exact) mass is 430 g/mol. The summed E-state index contributed by atoms with van der Waals surface area (Å²) in [6.45, 7) is 8.10. The fourth-order valence-electron chi connectivity index (χ4n) is 4.90. The summed E-state index contributed by atoms with van der Waals surface area (Å²) in [6, 6.07) is 0. The fraction of sp³-hybridized carbons (Fsp3) is 0.786. The molecule has 2 aliphatic rings. The Balaban J connectivity index is 1.55. The van der Waals surface area contributed by atoms with Gasteiger partial charge in [0, 0.05) is 11.1 Å². The van der Waals surface area contributed by atoms with Gasteiger partial charge in [-0.05, 0) is 52.0 Å². The van der Waals surface area contributed by atoms with E-state index in [1.165, 1.54) is 89.9 Å². The lowest BCUT2D eigenvalue weighted by Gasteiger charge is -2.39. The molecule has 0 saturated carbocycles. The molecule has 1 aliphatic carbocycles. The molecule has 31 heavy (non-hydrogen) atoms. The standard InChI is InChI=1S/C28H46O3/c1-5-6-7-8-9-10-11-12-13-14-15-16-17-18-20-28(4)21-19-24-26(30)25(29)22(2)23(3)27(24)31-28/h5-21H2,1-4H3. The summed E-state index contributed by atoms with van der Waals surface area (Å²) in [4.78, 5) is 24.4. The highest BCUT2D eigenvalue weighted by Gasteiger charge is 2.40. The first-order valence-corrected chi connectivity index (χ1v) is 13.1. The summed E-state index contributed by atoms with van der Waals surface area (Å²) >= 11 is 0. The molecule has 0 aromatic heterocycles. The van der Waals surface area contributed by atoms with Gasteiger partial charge in [-0.2, -0.15) is 0 Å². The van der Waals surface area contributed by atoms with Crippen LogP contribution in [0.3, 0.4) is 0 Å². The molecule has 0 aromatic carbocycles. The Morgan fingerprint density at radius 3 is 1.71 bits per heavy atom. The normalized spacial score (nSPS) is 21.5. The zero-order valence-electron chi connectivity index (χ0n) is 20.7. The average molecular weight is 431 g/mol. The van der Waals surface area contributed by atoms with Crippen molar-refractivity contribution in [2.24, 2.45) is 0 Å². The first-order valence-electron chi connectivity index (χ1n) is 13.1. The number of ether oxygens (including phenoxy) is 1. The molecule has 0 fully saturated rings. The lowest BCUT2D eigenvalue weighted by molar-refractivity contribution is -0.133. The first kappa shape index (κ1) is 25.9. The minimum Gasteiger partial charge on any atom is -0.487 e. The minimum atomic E-state index is -0.351. The van der Waals surface area contributed by atoms with Crippen LogP contribution < -0.4 is 0 Å². The summed E-state index contributed by atoms with van der Waals surface area (Å²) in [7, 11) is 0. The van der Waals surface area contributed by atoms with Gasteiger partial charge in [0.15, 0.2) is 0 Å². The summed E-state index contributed by atoms with van der Waals surface area (Å²) in [5.41, 5.74) is 1.79. The molecule has 0 N–H and O–H groups in total. The lowest BCUT2D eigenvalue weighted by atomic mass is 9.81. The van der Waals surface area contributed by atoms with Crippen molar-refractivity contribution in [2.75, 3.05) is 0 Å². The van der Waals surface area contributed by atoms with Crippen LogP contribution in [0.25, 0.3) is 0 Å². The van der Waals surface area contributed by atoms with Crippen LogP contribution in [0.4, 0.5) is 0 Å². The van der Waals surface area contributed by atoms with Crippen molar-refractivity contribution in [1.82, 2.24) is 0 Å². The molecule has 176 valence electrons. The van der Waals surface area contributed by atoms with Crippen molar-refractivity contribution in [2.45, 2.75) is 142 Å². The van der Waals surface area contributed by atoms with Crippen molar-refractivity contribution in [3.8, 4) is 0 Å². The molecule has 1 heterocycles. The van der Waals surface area contributed by atoms with E-state index in [-0.39, 0.29) is 17.2 Å². The molecule has 2 rings (SSSR count). The zero-order chi connectivity index (χ0) is 22.7. The fourth-order valence-corrected chi connectivity index (χ4v) is 4.90. The molecule has 0 amide bonds. The molecule has 0 saturated heterocycles. The van der Waals surface area contributed by atoms with Crippen molar-refractivity contribution in [3.05, 3.63) is 22.5 Å². The number of ketones is 2. The number of rotatable bonds is 15. The Bertz CT molecular complexity index is 670. The van der Waals surface area contributed by atoms with Crippen LogP contribution in [0.1, 0.15) is 137 Å². The van der Waals surface area contributed by atoms with Crippen molar-refractivity contribution in [3.63, 3.8) is 0 Å². The zero-order valence-corrected chi connectivity index (χ0v) is 20.7. The van der Waals surface area contributed by atoms with Crippen LogP contribution in [0.15, 0.2) is 22.5 Å². The molecule has 1 unspecified atom stereocenters. The molecule has 1 atom stereocenters. The van der Waals surface area contributed by atoms with Gasteiger partial charge < -0.3 is 4.74 Å². The lowest BCUT2D eigenvalue weighted by Crippen LogP contribution is -2.37. The van der Waals surface area contributed by atoms with Gasteiger partial charge in [-0.3, -0.25) is 9.59 Å². The highest BCUT2D eigenvalue weighted by atomic mass is 16.5. The number of Topliss-reactive ketones (excluding diaryl/α,β-unsaturated/α-hetero) is 2. The Hall–Kier alpha value is -1.38. The van der Waals surface area contributed by atoms with E-state index in [0.29, 0.717) is 23.3 Å². The second-order valence-corrected chi connectivity index (χ2v) is 10.1. The number of carbonyl (C=O) groups excluding carboxylic acids is 2. The van der Waals surface area contributed by atoms with Gasteiger partial charge in [0.25, 0.3) is 0 Å². The SMILES string of the molecule is CCCCCCCCCCCCCCCCC1(C)CCC2=C(O1)C(C)=C(C)C(=O)C2=O. The summed E-state index contributed by atoms with van der Waals surface area (Å²) in [5.74, 6) is -0.00622. The van der Waals surface area contributed by atoms with E-state index in [0.717, 1.165) is 18.4 Å². The van der Waals surface area contributed by atoms with Crippen LogP contribution in [0.2, 0.25) is 0 Å². The highest BCUT2D eigenvalue weighted by Crippen LogP contribution is 2.41. The predicted molar refractivity (Wildman–Crippen MR) is 129 cm³/mol. The van der Waals surface area contributed by atoms with E-state index in [9.17, 15) is 9.59 Å². The van der Waals surface area contributed by atoms with Crippen LogP contribution in [0, 0.1) is 0 Å². The quantitative estimate of drug-likeness (QED) is 0.149. The molecule has 3 nitrogen and oxygen atoms in total. The molecule has 0 aromatic rings. The second kappa shape index (κ2) is 13.2. The Morgan fingerprint density at radius 2 is 1.19 bits per heavy atom. The van der Waals surface area contributed by atoms with Gasteiger partial charge >= 0.3 is 0 Å².